The molecule has 0 unspecified atom stereocenters. The molecule has 7 heteroatoms. The van der Waals surface area contributed by atoms with Gasteiger partial charge in [-0.1, -0.05) is 13.3 Å². The van der Waals surface area contributed by atoms with Gasteiger partial charge in [0.05, 0.1) is 14.2 Å². The Kier molecular flexibility index (Phi) is 6.34. The fourth-order valence-electron chi connectivity index (χ4n) is 3.33. The van der Waals surface area contributed by atoms with Crippen molar-refractivity contribution in [2.24, 2.45) is 0 Å². The van der Waals surface area contributed by atoms with Crippen molar-refractivity contribution in [2.75, 3.05) is 32.2 Å². The first-order valence-electron chi connectivity index (χ1n) is 9.68. The molecule has 3 rings (SSSR count). The standard InChI is InChI=1S/C21H28N4O3/c1-5-6-8-22-20(26)17-10-14(2)23-21(24-17)25-9-7-15-11-18(27-3)19(28-4)12-16(15)13-25/h10-12H,5-9,13H2,1-4H3,(H,22,26). The van der Waals surface area contributed by atoms with Gasteiger partial charge >= 0.3 is 0 Å². The second-order valence-electron chi connectivity index (χ2n) is 6.95. The van der Waals surface area contributed by atoms with Crippen molar-refractivity contribution in [3.05, 3.63) is 40.7 Å². The number of rotatable bonds is 7. The summed E-state index contributed by atoms with van der Waals surface area (Å²) in [4.78, 5) is 23.6. The van der Waals surface area contributed by atoms with Crippen molar-refractivity contribution >= 4 is 11.9 Å². The maximum absolute atomic E-state index is 12.4. The summed E-state index contributed by atoms with van der Waals surface area (Å²) in [6.45, 7) is 6.09. The van der Waals surface area contributed by atoms with Crippen molar-refractivity contribution in [2.45, 2.75) is 39.7 Å². The van der Waals surface area contributed by atoms with E-state index >= 15 is 0 Å². The monoisotopic (exact) mass is 384 g/mol. The Labute approximate surface area is 166 Å². The second-order valence-corrected chi connectivity index (χ2v) is 6.95. The predicted molar refractivity (Wildman–Crippen MR) is 108 cm³/mol. The average molecular weight is 384 g/mol. The Morgan fingerprint density at radius 2 is 1.86 bits per heavy atom. The van der Waals surface area contributed by atoms with Crippen LogP contribution in [0, 0.1) is 6.92 Å². The summed E-state index contributed by atoms with van der Waals surface area (Å²) in [7, 11) is 3.28. The van der Waals surface area contributed by atoms with Gasteiger partial charge in [0.2, 0.25) is 5.95 Å². The normalized spacial score (nSPS) is 13.1. The first-order valence-corrected chi connectivity index (χ1v) is 9.68. The average Bonchev–Trinajstić information content (AvgIpc) is 2.71. The van der Waals surface area contributed by atoms with Gasteiger partial charge in [-0.15, -0.1) is 0 Å². The highest BCUT2D eigenvalue weighted by Crippen LogP contribution is 2.33. The zero-order chi connectivity index (χ0) is 20.1. The van der Waals surface area contributed by atoms with Gasteiger partial charge in [-0.05, 0) is 49.1 Å². The zero-order valence-corrected chi connectivity index (χ0v) is 17.0. The summed E-state index contributed by atoms with van der Waals surface area (Å²) in [5, 5.41) is 2.92. The molecule has 1 N–H and O–H groups in total. The van der Waals surface area contributed by atoms with Gasteiger partial charge in [-0.3, -0.25) is 4.79 Å². The molecular formula is C21H28N4O3. The Bertz CT molecular complexity index is 854. The number of hydrogen-bond donors (Lipinski definition) is 1. The number of anilines is 1. The fraction of sp³-hybridized carbons (Fsp3) is 0.476. The summed E-state index contributed by atoms with van der Waals surface area (Å²) in [5.41, 5.74) is 3.59. The minimum atomic E-state index is -0.149. The van der Waals surface area contributed by atoms with Crippen LogP contribution in [0.15, 0.2) is 18.2 Å². The molecule has 2 aromatic rings. The molecule has 28 heavy (non-hydrogen) atoms. The van der Waals surface area contributed by atoms with Gasteiger partial charge < -0.3 is 19.7 Å². The lowest BCUT2D eigenvalue weighted by molar-refractivity contribution is 0.0948. The van der Waals surface area contributed by atoms with Gasteiger partial charge in [-0.25, -0.2) is 9.97 Å². The largest absolute Gasteiger partial charge is 0.493 e. The molecule has 1 aliphatic rings. The lowest BCUT2D eigenvalue weighted by Crippen LogP contribution is -2.33. The lowest BCUT2D eigenvalue weighted by Gasteiger charge is -2.30. The molecule has 1 aromatic heterocycles. The van der Waals surface area contributed by atoms with Gasteiger partial charge in [0, 0.05) is 25.3 Å². The van der Waals surface area contributed by atoms with Crippen LogP contribution in [-0.2, 0) is 13.0 Å². The quantitative estimate of drug-likeness (QED) is 0.740. The summed E-state index contributed by atoms with van der Waals surface area (Å²) in [5.74, 6) is 1.89. The molecular weight excluding hydrogens is 356 g/mol. The minimum absolute atomic E-state index is 0.149. The van der Waals surface area contributed by atoms with Crippen LogP contribution in [0.3, 0.4) is 0 Å². The molecule has 0 atom stereocenters. The molecule has 150 valence electrons. The summed E-state index contributed by atoms with van der Waals surface area (Å²) in [6.07, 6.45) is 2.84. The van der Waals surface area contributed by atoms with E-state index in [4.69, 9.17) is 9.47 Å². The molecule has 0 saturated heterocycles. The highest BCUT2D eigenvalue weighted by atomic mass is 16.5. The molecule has 2 heterocycles. The summed E-state index contributed by atoms with van der Waals surface area (Å²) < 4.78 is 10.8. The topological polar surface area (TPSA) is 76.6 Å². The highest BCUT2D eigenvalue weighted by molar-refractivity contribution is 5.92. The van der Waals surface area contributed by atoms with Crippen molar-refractivity contribution < 1.29 is 14.3 Å². The number of fused-ring (bicyclic) bond motifs is 1. The third-order valence-electron chi connectivity index (χ3n) is 4.89. The number of unbranched alkanes of at least 4 members (excludes halogenated alkanes) is 1. The Balaban J connectivity index is 1.82. The molecule has 0 bridgehead atoms. The van der Waals surface area contributed by atoms with E-state index in [0.29, 0.717) is 30.5 Å². The van der Waals surface area contributed by atoms with Crippen LogP contribution in [0.5, 0.6) is 11.5 Å². The van der Waals surface area contributed by atoms with Gasteiger partial charge in [-0.2, -0.15) is 0 Å². The number of aromatic nitrogens is 2. The first-order chi connectivity index (χ1) is 13.5. The van der Waals surface area contributed by atoms with E-state index in [2.05, 4.69) is 27.1 Å². The Hall–Kier alpha value is -2.83. The number of amides is 1. The van der Waals surface area contributed by atoms with E-state index in [-0.39, 0.29) is 5.91 Å². The molecule has 0 saturated carbocycles. The second kappa shape index (κ2) is 8.91. The van der Waals surface area contributed by atoms with E-state index in [1.807, 2.05) is 19.1 Å². The number of ether oxygens (including phenoxy) is 2. The molecule has 0 radical (unpaired) electrons. The van der Waals surface area contributed by atoms with E-state index in [1.54, 1.807) is 20.3 Å². The molecule has 1 amide bonds. The van der Waals surface area contributed by atoms with E-state index in [1.165, 1.54) is 5.56 Å². The third kappa shape index (κ3) is 4.35. The number of nitrogens with one attached hydrogen (secondary N) is 1. The van der Waals surface area contributed by atoms with Crippen LogP contribution in [0.25, 0.3) is 0 Å². The van der Waals surface area contributed by atoms with Crippen molar-refractivity contribution in [3.63, 3.8) is 0 Å². The molecule has 0 aliphatic carbocycles. The number of nitrogens with zero attached hydrogens (tertiary/aromatic N) is 3. The van der Waals surface area contributed by atoms with Gasteiger partial charge in [0.15, 0.2) is 11.5 Å². The van der Waals surface area contributed by atoms with Crippen LogP contribution in [0.1, 0.15) is 47.1 Å². The van der Waals surface area contributed by atoms with Crippen molar-refractivity contribution in [1.82, 2.24) is 15.3 Å². The first kappa shape index (κ1) is 19.9. The van der Waals surface area contributed by atoms with Crippen LogP contribution in [0.4, 0.5) is 5.95 Å². The van der Waals surface area contributed by atoms with Gasteiger partial charge in [0.1, 0.15) is 5.69 Å². The molecule has 1 aliphatic heterocycles. The Morgan fingerprint density at radius 1 is 1.14 bits per heavy atom. The zero-order valence-electron chi connectivity index (χ0n) is 17.0. The number of aryl methyl sites for hydroxylation is 1. The summed E-state index contributed by atoms with van der Waals surface area (Å²) in [6, 6.07) is 5.78. The maximum Gasteiger partial charge on any atom is 0.270 e. The highest BCUT2D eigenvalue weighted by Gasteiger charge is 2.22. The van der Waals surface area contributed by atoms with Gasteiger partial charge in [0.25, 0.3) is 5.91 Å². The van der Waals surface area contributed by atoms with Crippen molar-refractivity contribution in [3.8, 4) is 11.5 Å². The lowest BCUT2D eigenvalue weighted by atomic mass is 9.99. The number of methoxy groups -OCH3 is 2. The minimum Gasteiger partial charge on any atom is -0.493 e. The Morgan fingerprint density at radius 3 is 2.54 bits per heavy atom. The molecule has 0 spiro atoms. The fourth-order valence-corrected chi connectivity index (χ4v) is 3.33. The number of carbonyl (C=O) groups excluding carboxylic acids is 1. The van der Waals surface area contributed by atoms with E-state index in [9.17, 15) is 4.79 Å². The summed E-state index contributed by atoms with van der Waals surface area (Å²) >= 11 is 0. The molecule has 1 aromatic carbocycles. The van der Waals surface area contributed by atoms with Crippen LogP contribution in [-0.4, -0.2) is 43.2 Å². The maximum atomic E-state index is 12.4. The number of benzene rings is 1. The third-order valence-corrected chi connectivity index (χ3v) is 4.89. The van der Waals surface area contributed by atoms with Crippen LogP contribution in [0.2, 0.25) is 0 Å². The van der Waals surface area contributed by atoms with Crippen molar-refractivity contribution in [1.29, 1.82) is 0 Å². The number of carbonyl (C=O) groups is 1. The molecule has 7 nitrogen and oxygen atoms in total. The van der Waals surface area contributed by atoms with Crippen LogP contribution < -0.4 is 19.7 Å². The predicted octanol–water partition coefficient (Wildman–Crippen LogP) is 2.89. The van der Waals surface area contributed by atoms with Crippen LogP contribution >= 0.6 is 0 Å². The number of hydrogen-bond acceptors (Lipinski definition) is 6. The molecule has 0 fully saturated rings. The van der Waals surface area contributed by atoms with E-state index < -0.39 is 0 Å². The smallest absolute Gasteiger partial charge is 0.270 e. The van der Waals surface area contributed by atoms with E-state index in [0.717, 1.165) is 42.8 Å². The SMILES string of the molecule is CCCCNC(=O)c1cc(C)nc(N2CCc3cc(OC)c(OC)cc3C2)n1.